The Kier molecular flexibility index (Phi) is 7.75. The van der Waals surface area contributed by atoms with E-state index in [9.17, 15) is 9.59 Å². The van der Waals surface area contributed by atoms with E-state index in [4.69, 9.17) is 11.6 Å². The summed E-state index contributed by atoms with van der Waals surface area (Å²) in [6.07, 6.45) is 4.87. The summed E-state index contributed by atoms with van der Waals surface area (Å²) in [7, 11) is 1.79. The zero-order valence-electron chi connectivity index (χ0n) is 19.1. The molecular weight excluding hydrogens is 450 g/mol. The number of amides is 2. The molecule has 3 aromatic rings. The fraction of sp³-hybridized carbons (Fsp3) is 0.308. The summed E-state index contributed by atoms with van der Waals surface area (Å²) in [6.45, 7) is 0.176. The molecule has 0 bridgehead atoms. The summed E-state index contributed by atoms with van der Waals surface area (Å²) >= 11 is 6.19. The van der Waals surface area contributed by atoms with Crippen molar-refractivity contribution in [2.75, 3.05) is 23.8 Å². The van der Waals surface area contributed by atoms with E-state index < -0.39 is 0 Å². The van der Waals surface area contributed by atoms with Crippen LogP contribution in [0.15, 0.2) is 54.6 Å². The van der Waals surface area contributed by atoms with Gasteiger partial charge in [-0.2, -0.15) is 0 Å². The highest BCUT2D eigenvalue weighted by Gasteiger charge is 2.19. The first-order valence-corrected chi connectivity index (χ1v) is 11.8. The van der Waals surface area contributed by atoms with Gasteiger partial charge in [-0.05, 0) is 42.7 Å². The van der Waals surface area contributed by atoms with Crippen LogP contribution in [0.3, 0.4) is 0 Å². The van der Waals surface area contributed by atoms with Gasteiger partial charge in [-0.25, -0.2) is 9.97 Å². The first kappa shape index (κ1) is 23.7. The molecular formula is C26H27ClN5O2. The largest absolute Gasteiger partial charge is 0.352 e. The number of carbonyl (C=O) groups excluding carboxylic acids is 2. The van der Waals surface area contributed by atoms with Gasteiger partial charge in [-0.1, -0.05) is 54.8 Å². The lowest BCUT2D eigenvalue weighted by Gasteiger charge is -2.20. The fourth-order valence-electron chi connectivity index (χ4n) is 3.98. The van der Waals surface area contributed by atoms with Gasteiger partial charge in [0.1, 0.15) is 16.8 Å². The summed E-state index contributed by atoms with van der Waals surface area (Å²) in [5.74, 6) is 0.810. The molecule has 7 nitrogen and oxygen atoms in total. The van der Waals surface area contributed by atoms with E-state index in [1.807, 2.05) is 42.5 Å². The van der Waals surface area contributed by atoms with Crippen LogP contribution in [0.2, 0.25) is 5.15 Å². The second kappa shape index (κ2) is 11.1. The predicted molar refractivity (Wildman–Crippen MR) is 133 cm³/mol. The van der Waals surface area contributed by atoms with E-state index in [0.29, 0.717) is 29.3 Å². The number of nitrogens with zero attached hydrogens (tertiary/aromatic N) is 3. The number of hydrogen-bond acceptors (Lipinski definition) is 5. The van der Waals surface area contributed by atoms with Crippen LogP contribution in [0, 0.1) is 6.07 Å². The maximum absolute atomic E-state index is 12.4. The third-order valence-corrected chi connectivity index (χ3v) is 5.93. The Labute approximate surface area is 204 Å². The number of carbonyl (C=O) groups is 2. The molecule has 0 unspecified atom stereocenters. The molecule has 0 aliphatic heterocycles. The first-order valence-electron chi connectivity index (χ1n) is 11.4. The molecule has 1 radical (unpaired) electrons. The SMILES string of the molecule is CN(CC(=O)NC1CCCC1)c1[c]c(Cl)nc(Cc2ccc(NC(=O)c3ccccc3)cc2)n1. The van der Waals surface area contributed by atoms with Crippen LogP contribution < -0.4 is 15.5 Å². The molecule has 1 fully saturated rings. The number of aromatic nitrogens is 2. The highest BCUT2D eigenvalue weighted by Crippen LogP contribution is 2.19. The van der Waals surface area contributed by atoms with Crippen LogP contribution in [-0.2, 0) is 11.2 Å². The number of benzene rings is 2. The van der Waals surface area contributed by atoms with E-state index in [1.54, 1.807) is 24.1 Å². The van der Waals surface area contributed by atoms with Crippen LogP contribution in [0.25, 0.3) is 0 Å². The van der Waals surface area contributed by atoms with Gasteiger partial charge >= 0.3 is 0 Å². The van der Waals surface area contributed by atoms with Gasteiger partial charge < -0.3 is 15.5 Å². The predicted octanol–water partition coefficient (Wildman–Crippen LogP) is 4.27. The minimum atomic E-state index is -0.160. The normalized spacial score (nSPS) is 13.5. The summed E-state index contributed by atoms with van der Waals surface area (Å²) in [5, 5.41) is 6.17. The molecule has 1 heterocycles. The van der Waals surface area contributed by atoms with Crippen molar-refractivity contribution in [3.05, 3.63) is 82.8 Å². The van der Waals surface area contributed by atoms with Crippen molar-refractivity contribution in [3.8, 4) is 0 Å². The van der Waals surface area contributed by atoms with E-state index >= 15 is 0 Å². The number of halogens is 1. The summed E-state index contributed by atoms with van der Waals surface area (Å²) in [5.41, 5.74) is 2.27. The molecule has 4 rings (SSSR count). The van der Waals surface area contributed by atoms with Gasteiger partial charge in [0, 0.05) is 30.8 Å². The Bertz CT molecular complexity index is 1130. The lowest BCUT2D eigenvalue weighted by molar-refractivity contribution is -0.120. The van der Waals surface area contributed by atoms with Crippen molar-refractivity contribution < 1.29 is 9.59 Å². The topological polar surface area (TPSA) is 87.2 Å². The van der Waals surface area contributed by atoms with Crippen LogP contribution >= 0.6 is 11.6 Å². The van der Waals surface area contributed by atoms with Gasteiger partial charge in [-0.3, -0.25) is 9.59 Å². The standard InChI is InChI=1S/C26H27ClN5O2/c1-32(17-25(33)28-20-9-5-6-10-20)24-16-22(27)30-23(31-24)15-18-11-13-21(14-12-18)29-26(34)19-7-3-2-4-8-19/h2-4,7-8,11-14,20H,5-6,9-10,15,17H2,1H3,(H,28,33)(H,29,34). The van der Waals surface area contributed by atoms with E-state index in [-0.39, 0.29) is 29.6 Å². The average molecular weight is 477 g/mol. The molecule has 175 valence electrons. The quantitative estimate of drug-likeness (QED) is 0.474. The molecule has 1 saturated carbocycles. The van der Waals surface area contributed by atoms with Gasteiger partial charge in [0.15, 0.2) is 0 Å². The molecule has 1 aliphatic rings. The molecule has 34 heavy (non-hydrogen) atoms. The van der Waals surface area contributed by atoms with Crippen molar-refractivity contribution in [1.82, 2.24) is 15.3 Å². The fourth-order valence-corrected chi connectivity index (χ4v) is 4.17. The van der Waals surface area contributed by atoms with E-state index in [2.05, 4.69) is 26.7 Å². The number of anilines is 2. The van der Waals surface area contributed by atoms with Crippen molar-refractivity contribution in [1.29, 1.82) is 0 Å². The summed E-state index contributed by atoms with van der Waals surface area (Å²) in [4.78, 5) is 35.2. The molecule has 2 aromatic carbocycles. The summed E-state index contributed by atoms with van der Waals surface area (Å²) in [6, 6.07) is 19.8. The number of likely N-dealkylation sites (N-methyl/N-ethyl adjacent to an activating group) is 1. The monoisotopic (exact) mass is 476 g/mol. The van der Waals surface area contributed by atoms with Gasteiger partial charge in [0.05, 0.1) is 12.6 Å². The lowest BCUT2D eigenvalue weighted by Crippen LogP contribution is -2.40. The van der Waals surface area contributed by atoms with Crippen LogP contribution in [-0.4, -0.2) is 41.4 Å². The van der Waals surface area contributed by atoms with Crippen molar-refractivity contribution in [3.63, 3.8) is 0 Å². The molecule has 0 spiro atoms. The number of rotatable bonds is 8. The molecule has 0 saturated heterocycles. The second-order valence-electron chi connectivity index (χ2n) is 8.48. The summed E-state index contributed by atoms with van der Waals surface area (Å²) < 4.78 is 0. The second-order valence-corrected chi connectivity index (χ2v) is 8.84. The van der Waals surface area contributed by atoms with Crippen LogP contribution in [0.5, 0.6) is 0 Å². The Hall–Kier alpha value is -3.45. The maximum Gasteiger partial charge on any atom is 0.255 e. The molecule has 1 aromatic heterocycles. The maximum atomic E-state index is 12.4. The van der Waals surface area contributed by atoms with E-state index in [0.717, 1.165) is 18.4 Å². The molecule has 2 N–H and O–H groups in total. The third kappa shape index (κ3) is 6.54. The number of hydrogen-bond donors (Lipinski definition) is 2. The minimum Gasteiger partial charge on any atom is -0.352 e. The van der Waals surface area contributed by atoms with E-state index in [1.165, 1.54) is 12.8 Å². The van der Waals surface area contributed by atoms with Gasteiger partial charge in [0.2, 0.25) is 5.91 Å². The van der Waals surface area contributed by atoms with Gasteiger partial charge in [-0.15, -0.1) is 0 Å². The highest BCUT2D eigenvalue weighted by atomic mass is 35.5. The first-order chi connectivity index (χ1) is 16.5. The minimum absolute atomic E-state index is 0.0350. The smallest absolute Gasteiger partial charge is 0.255 e. The lowest BCUT2D eigenvalue weighted by atomic mass is 10.1. The van der Waals surface area contributed by atoms with Crippen molar-refractivity contribution in [2.45, 2.75) is 38.1 Å². The Morgan fingerprint density at radius 2 is 1.76 bits per heavy atom. The Balaban J connectivity index is 1.36. The van der Waals surface area contributed by atoms with Crippen LogP contribution in [0.4, 0.5) is 11.5 Å². The molecule has 8 heteroatoms. The molecule has 0 atom stereocenters. The zero-order valence-corrected chi connectivity index (χ0v) is 19.8. The van der Waals surface area contributed by atoms with Crippen LogP contribution in [0.1, 0.15) is 47.4 Å². The highest BCUT2D eigenvalue weighted by molar-refractivity contribution is 6.29. The Morgan fingerprint density at radius 3 is 2.47 bits per heavy atom. The Morgan fingerprint density at radius 1 is 1.06 bits per heavy atom. The van der Waals surface area contributed by atoms with Crippen molar-refractivity contribution >= 4 is 34.9 Å². The number of nitrogens with one attached hydrogen (secondary N) is 2. The van der Waals surface area contributed by atoms with Gasteiger partial charge in [0.25, 0.3) is 5.91 Å². The molecule has 1 aliphatic carbocycles. The molecule has 2 amide bonds. The third-order valence-electron chi connectivity index (χ3n) is 5.75. The zero-order chi connectivity index (χ0) is 23.9. The van der Waals surface area contributed by atoms with Crippen molar-refractivity contribution in [2.24, 2.45) is 0 Å². The average Bonchev–Trinajstić information content (AvgIpc) is 3.33.